The number of rotatable bonds is 4. The van der Waals surface area contributed by atoms with E-state index in [2.05, 4.69) is 0 Å². The summed E-state index contributed by atoms with van der Waals surface area (Å²) in [6, 6.07) is 4.66. The third kappa shape index (κ3) is 2.52. The molecule has 1 aliphatic rings. The highest BCUT2D eigenvalue weighted by Gasteiger charge is 2.48. The highest BCUT2D eigenvalue weighted by molar-refractivity contribution is 6.02. The minimum absolute atomic E-state index is 0.0954. The largest absolute Gasteiger partial charge is 0.368 e. The Morgan fingerprint density at radius 3 is 2.25 bits per heavy atom. The summed E-state index contributed by atoms with van der Waals surface area (Å²) in [5.74, 6) is -6.72. The fourth-order valence-corrected chi connectivity index (χ4v) is 2.01. The van der Waals surface area contributed by atoms with Gasteiger partial charge >= 0.3 is 12.3 Å². The molecule has 0 aliphatic carbocycles. The van der Waals surface area contributed by atoms with E-state index >= 15 is 0 Å². The first-order valence-corrected chi connectivity index (χ1v) is 5.95. The van der Waals surface area contributed by atoms with Crippen LogP contribution in [0.4, 0.5) is 23.2 Å². The second-order valence-electron chi connectivity index (χ2n) is 4.45. The van der Waals surface area contributed by atoms with Crippen LogP contribution in [-0.2, 0) is 4.79 Å². The lowest BCUT2D eigenvalue weighted by molar-refractivity contribution is -0.117. The van der Waals surface area contributed by atoms with Crippen molar-refractivity contribution in [2.24, 2.45) is 0 Å². The summed E-state index contributed by atoms with van der Waals surface area (Å²) in [6.07, 6.45) is -2.94. The average molecular weight is 289 g/mol. The van der Waals surface area contributed by atoms with Crippen molar-refractivity contribution in [1.82, 2.24) is 0 Å². The minimum Gasteiger partial charge on any atom is -0.312 e. The molecule has 1 fully saturated rings. The lowest BCUT2D eigenvalue weighted by atomic mass is 10.1. The van der Waals surface area contributed by atoms with E-state index in [0.29, 0.717) is 25.1 Å². The molecule has 1 amide bonds. The van der Waals surface area contributed by atoms with E-state index < -0.39 is 23.7 Å². The Bertz CT molecular complexity index is 528. The van der Waals surface area contributed by atoms with Crippen LogP contribution in [0.15, 0.2) is 24.3 Å². The van der Waals surface area contributed by atoms with Crippen molar-refractivity contribution < 1.29 is 27.2 Å². The smallest absolute Gasteiger partial charge is 0.312 e. The van der Waals surface area contributed by atoms with Gasteiger partial charge in [0.15, 0.2) is 0 Å². The molecule has 0 unspecified atom stereocenters. The van der Waals surface area contributed by atoms with Gasteiger partial charge in [0, 0.05) is 24.2 Å². The SMILES string of the molecule is O=C1CCCN1c1ccc(C(=O)C(F)(F)C(F)F)cc1. The number of carbonyl (C=O) groups excluding carboxylic acids is 2. The Hall–Kier alpha value is -1.92. The van der Waals surface area contributed by atoms with Crippen molar-refractivity contribution >= 4 is 17.4 Å². The number of nitrogens with zero attached hydrogens (tertiary/aromatic N) is 1. The first-order valence-electron chi connectivity index (χ1n) is 5.95. The van der Waals surface area contributed by atoms with Crippen LogP contribution in [0.3, 0.4) is 0 Å². The Labute approximate surface area is 112 Å². The Balaban J connectivity index is 2.20. The van der Waals surface area contributed by atoms with Gasteiger partial charge in [0.1, 0.15) is 0 Å². The van der Waals surface area contributed by atoms with Gasteiger partial charge in [-0.3, -0.25) is 9.59 Å². The molecule has 3 nitrogen and oxygen atoms in total. The van der Waals surface area contributed by atoms with Gasteiger partial charge in [-0.25, -0.2) is 8.78 Å². The molecule has 1 aromatic carbocycles. The molecule has 1 saturated heterocycles. The molecule has 1 aromatic rings. The predicted octanol–water partition coefficient (Wildman–Crippen LogP) is 2.90. The number of hydrogen-bond donors (Lipinski definition) is 0. The fraction of sp³-hybridized carbons (Fsp3) is 0.385. The first-order chi connectivity index (χ1) is 9.34. The summed E-state index contributed by atoms with van der Waals surface area (Å²) in [7, 11) is 0. The van der Waals surface area contributed by atoms with Crippen molar-refractivity contribution in [3.05, 3.63) is 29.8 Å². The fourth-order valence-electron chi connectivity index (χ4n) is 2.01. The van der Waals surface area contributed by atoms with Crippen LogP contribution in [0.5, 0.6) is 0 Å². The van der Waals surface area contributed by atoms with E-state index in [1.165, 1.54) is 17.0 Å². The van der Waals surface area contributed by atoms with Crippen molar-refractivity contribution in [3.8, 4) is 0 Å². The van der Waals surface area contributed by atoms with E-state index in [1.807, 2.05) is 0 Å². The lowest BCUT2D eigenvalue weighted by Gasteiger charge is -2.17. The van der Waals surface area contributed by atoms with Crippen molar-refractivity contribution in [3.63, 3.8) is 0 Å². The topological polar surface area (TPSA) is 37.4 Å². The summed E-state index contributed by atoms with van der Waals surface area (Å²) in [4.78, 5) is 24.2. The van der Waals surface area contributed by atoms with Crippen LogP contribution in [0.25, 0.3) is 0 Å². The Kier molecular flexibility index (Phi) is 3.78. The number of carbonyl (C=O) groups is 2. The summed E-state index contributed by atoms with van der Waals surface area (Å²) < 4.78 is 50.1. The zero-order valence-electron chi connectivity index (χ0n) is 10.3. The third-order valence-electron chi connectivity index (χ3n) is 3.09. The second-order valence-corrected chi connectivity index (χ2v) is 4.45. The molecule has 0 bridgehead atoms. The standard InChI is InChI=1S/C13H11F4NO2/c14-12(15)13(16,17)11(20)8-3-5-9(6-4-8)18-7-1-2-10(18)19/h3-6,12H,1-2,7H2. The number of halogens is 4. The van der Waals surface area contributed by atoms with Crippen molar-refractivity contribution in [2.75, 3.05) is 11.4 Å². The number of anilines is 1. The quantitative estimate of drug-likeness (QED) is 0.631. The van der Waals surface area contributed by atoms with E-state index in [4.69, 9.17) is 0 Å². The average Bonchev–Trinajstić information content (AvgIpc) is 2.84. The Morgan fingerprint density at radius 2 is 1.80 bits per heavy atom. The van der Waals surface area contributed by atoms with Crippen molar-refractivity contribution in [2.45, 2.75) is 25.2 Å². The third-order valence-corrected chi connectivity index (χ3v) is 3.09. The number of amides is 1. The number of hydrogen-bond acceptors (Lipinski definition) is 2. The van der Waals surface area contributed by atoms with Gasteiger partial charge in [-0.15, -0.1) is 0 Å². The molecule has 20 heavy (non-hydrogen) atoms. The van der Waals surface area contributed by atoms with Gasteiger partial charge < -0.3 is 4.90 Å². The molecule has 0 spiro atoms. The highest BCUT2D eigenvalue weighted by Crippen LogP contribution is 2.29. The zero-order chi connectivity index (χ0) is 14.9. The maximum Gasteiger partial charge on any atom is 0.368 e. The number of benzene rings is 1. The van der Waals surface area contributed by atoms with Crippen LogP contribution in [0.1, 0.15) is 23.2 Å². The van der Waals surface area contributed by atoms with E-state index in [1.54, 1.807) is 0 Å². The molecule has 0 N–H and O–H groups in total. The van der Waals surface area contributed by atoms with Gasteiger partial charge in [-0.1, -0.05) is 0 Å². The molecular weight excluding hydrogens is 278 g/mol. The van der Waals surface area contributed by atoms with Crippen LogP contribution in [-0.4, -0.2) is 30.6 Å². The summed E-state index contributed by atoms with van der Waals surface area (Å²) in [5.41, 5.74) is -0.0462. The molecule has 1 aliphatic heterocycles. The maximum atomic E-state index is 12.9. The molecule has 1 heterocycles. The van der Waals surface area contributed by atoms with Crippen LogP contribution < -0.4 is 4.90 Å². The number of Topliss-reactive ketones (excluding diaryl/α,β-unsaturated/α-hetero) is 1. The first kappa shape index (κ1) is 14.5. The van der Waals surface area contributed by atoms with Gasteiger partial charge in [-0.05, 0) is 30.7 Å². The summed E-state index contributed by atoms with van der Waals surface area (Å²) >= 11 is 0. The molecular formula is C13H11F4NO2. The normalized spacial score (nSPS) is 16.1. The Morgan fingerprint density at radius 1 is 1.20 bits per heavy atom. The minimum atomic E-state index is -4.70. The molecule has 2 rings (SSSR count). The lowest BCUT2D eigenvalue weighted by Crippen LogP contribution is -2.36. The number of alkyl halides is 4. The molecule has 0 atom stereocenters. The zero-order valence-corrected chi connectivity index (χ0v) is 10.3. The van der Waals surface area contributed by atoms with Gasteiger partial charge in [0.2, 0.25) is 11.7 Å². The van der Waals surface area contributed by atoms with Gasteiger partial charge in [0.05, 0.1) is 0 Å². The molecule has 0 aromatic heterocycles. The van der Waals surface area contributed by atoms with Crippen LogP contribution in [0.2, 0.25) is 0 Å². The van der Waals surface area contributed by atoms with Gasteiger partial charge in [0.25, 0.3) is 0 Å². The summed E-state index contributed by atoms with van der Waals surface area (Å²) in [5, 5.41) is 0. The monoisotopic (exact) mass is 289 g/mol. The molecule has 0 saturated carbocycles. The maximum absolute atomic E-state index is 12.9. The predicted molar refractivity (Wildman–Crippen MR) is 63.3 cm³/mol. The summed E-state index contributed by atoms with van der Waals surface area (Å²) in [6.45, 7) is 0.513. The van der Waals surface area contributed by atoms with Crippen LogP contribution in [0, 0.1) is 0 Å². The van der Waals surface area contributed by atoms with Crippen molar-refractivity contribution in [1.29, 1.82) is 0 Å². The van der Waals surface area contributed by atoms with E-state index in [0.717, 1.165) is 12.1 Å². The van der Waals surface area contributed by atoms with Gasteiger partial charge in [-0.2, -0.15) is 8.78 Å². The second kappa shape index (κ2) is 5.22. The van der Waals surface area contributed by atoms with E-state index in [9.17, 15) is 27.2 Å². The number of ketones is 1. The molecule has 7 heteroatoms. The highest BCUT2D eigenvalue weighted by atomic mass is 19.3. The molecule has 108 valence electrons. The molecule has 0 radical (unpaired) electrons. The van der Waals surface area contributed by atoms with Crippen LogP contribution >= 0.6 is 0 Å². The van der Waals surface area contributed by atoms with E-state index in [-0.39, 0.29) is 5.91 Å².